The first-order valence-electron chi connectivity index (χ1n) is 8.73. The van der Waals surface area contributed by atoms with E-state index in [0.29, 0.717) is 6.42 Å². The second-order valence-corrected chi connectivity index (χ2v) is 6.56. The standard InChI is InChI=1S/C18H36O2/c1-5-7-9-10-11-12-13-15-17(19)20-18(3,4)16-14-8-6-2/h5-16H2,1-4H3. The van der Waals surface area contributed by atoms with Gasteiger partial charge in [-0.05, 0) is 33.1 Å². The second kappa shape index (κ2) is 12.2. The summed E-state index contributed by atoms with van der Waals surface area (Å²) in [6.45, 7) is 8.49. The minimum Gasteiger partial charge on any atom is -0.460 e. The first-order chi connectivity index (χ1) is 9.52. The Hall–Kier alpha value is -0.530. The lowest BCUT2D eigenvalue weighted by Crippen LogP contribution is -2.27. The van der Waals surface area contributed by atoms with E-state index in [1.54, 1.807) is 0 Å². The van der Waals surface area contributed by atoms with Gasteiger partial charge in [0.25, 0.3) is 0 Å². The van der Waals surface area contributed by atoms with Gasteiger partial charge in [-0.2, -0.15) is 0 Å². The fourth-order valence-electron chi connectivity index (χ4n) is 2.44. The number of carbonyl (C=O) groups is 1. The summed E-state index contributed by atoms with van der Waals surface area (Å²) >= 11 is 0. The topological polar surface area (TPSA) is 26.3 Å². The molecule has 0 atom stereocenters. The smallest absolute Gasteiger partial charge is 0.306 e. The van der Waals surface area contributed by atoms with Crippen molar-refractivity contribution in [2.75, 3.05) is 0 Å². The fourth-order valence-corrected chi connectivity index (χ4v) is 2.44. The van der Waals surface area contributed by atoms with Gasteiger partial charge in [0.15, 0.2) is 0 Å². The van der Waals surface area contributed by atoms with Gasteiger partial charge in [-0.25, -0.2) is 0 Å². The molecule has 0 aromatic carbocycles. The zero-order chi connectivity index (χ0) is 15.3. The van der Waals surface area contributed by atoms with Crippen molar-refractivity contribution in [3.8, 4) is 0 Å². The van der Waals surface area contributed by atoms with Crippen molar-refractivity contribution in [1.29, 1.82) is 0 Å². The van der Waals surface area contributed by atoms with Crippen molar-refractivity contribution in [2.24, 2.45) is 0 Å². The molecule has 0 radical (unpaired) electrons. The van der Waals surface area contributed by atoms with Crippen LogP contribution in [0.15, 0.2) is 0 Å². The molecule has 20 heavy (non-hydrogen) atoms. The van der Waals surface area contributed by atoms with Crippen molar-refractivity contribution in [1.82, 2.24) is 0 Å². The van der Waals surface area contributed by atoms with E-state index < -0.39 is 0 Å². The molecule has 0 aliphatic carbocycles. The van der Waals surface area contributed by atoms with Crippen LogP contribution in [0.25, 0.3) is 0 Å². The lowest BCUT2D eigenvalue weighted by molar-refractivity contribution is -0.157. The maximum Gasteiger partial charge on any atom is 0.306 e. The normalized spacial score (nSPS) is 11.6. The lowest BCUT2D eigenvalue weighted by Gasteiger charge is -2.25. The van der Waals surface area contributed by atoms with Crippen molar-refractivity contribution >= 4 is 5.97 Å². The third-order valence-corrected chi connectivity index (χ3v) is 3.76. The Morgan fingerprint density at radius 3 is 1.90 bits per heavy atom. The third kappa shape index (κ3) is 12.5. The Bertz CT molecular complexity index is 234. The molecule has 0 rings (SSSR count). The Labute approximate surface area is 126 Å². The van der Waals surface area contributed by atoms with Gasteiger partial charge in [0, 0.05) is 6.42 Å². The number of rotatable bonds is 13. The molecule has 0 N–H and O–H groups in total. The highest BCUT2D eigenvalue weighted by atomic mass is 16.6. The Morgan fingerprint density at radius 2 is 1.30 bits per heavy atom. The molecular weight excluding hydrogens is 248 g/mol. The predicted octanol–water partition coefficient (Wildman–Crippen LogP) is 6.03. The van der Waals surface area contributed by atoms with Gasteiger partial charge in [0.2, 0.25) is 0 Å². The maximum atomic E-state index is 11.8. The molecule has 2 nitrogen and oxygen atoms in total. The molecule has 0 unspecified atom stereocenters. The van der Waals surface area contributed by atoms with Crippen LogP contribution in [0.1, 0.15) is 105 Å². The third-order valence-electron chi connectivity index (χ3n) is 3.76. The number of carbonyl (C=O) groups excluding carboxylic acids is 1. The van der Waals surface area contributed by atoms with Crippen LogP contribution in [-0.2, 0) is 9.53 Å². The Balaban J connectivity index is 3.56. The van der Waals surface area contributed by atoms with Gasteiger partial charge < -0.3 is 4.74 Å². The molecule has 0 saturated carbocycles. The Kier molecular flexibility index (Phi) is 11.9. The molecule has 0 amide bonds. The van der Waals surface area contributed by atoms with E-state index >= 15 is 0 Å². The van der Waals surface area contributed by atoms with Gasteiger partial charge in [-0.1, -0.05) is 65.2 Å². The predicted molar refractivity (Wildman–Crippen MR) is 86.9 cm³/mol. The zero-order valence-corrected chi connectivity index (χ0v) is 14.3. The summed E-state index contributed by atoms with van der Waals surface area (Å²) < 4.78 is 5.59. The van der Waals surface area contributed by atoms with E-state index in [0.717, 1.165) is 25.7 Å². The number of unbranched alkanes of at least 4 members (excludes halogenated alkanes) is 8. The van der Waals surface area contributed by atoms with Crippen LogP contribution >= 0.6 is 0 Å². The Morgan fingerprint density at radius 1 is 0.800 bits per heavy atom. The summed E-state index contributed by atoms with van der Waals surface area (Å²) in [6, 6.07) is 0. The molecule has 2 heteroatoms. The van der Waals surface area contributed by atoms with E-state index in [1.807, 2.05) is 13.8 Å². The average Bonchev–Trinajstić information content (AvgIpc) is 2.37. The first kappa shape index (κ1) is 19.5. The largest absolute Gasteiger partial charge is 0.460 e. The summed E-state index contributed by atoms with van der Waals surface area (Å²) in [5.41, 5.74) is -0.284. The molecule has 0 aliphatic rings. The van der Waals surface area contributed by atoms with Crippen LogP contribution in [0.3, 0.4) is 0 Å². The fraction of sp³-hybridized carbons (Fsp3) is 0.944. The molecular formula is C18H36O2. The number of hydrogen-bond donors (Lipinski definition) is 0. The first-order valence-corrected chi connectivity index (χ1v) is 8.73. The molecule has 0 aromatic heterocycles. The lowest BCUT2D eigenvalue weighted by atomic mass is 10.0. The molecule has 0 heterocycles. The quantitative estimate of drug-likeness (QED) is 0.305. The minimum atomic E-state index is -0.284. The van der Waals surface area contributed by atoms with Crippen LogP contribution in [0.5, 0.6) is 0 Å². The van der Waals surface area contributed by atoms with E-state index in [9.17, 15) is 4.79 Å². The molecule has 0 fully saturated rings. The molecule has 0 aromatic rings. The van der Waals surface area contributed by atoms with Crippen molar-refractivity contribution in [3.05, 3.63) is 0 Å². The van der Waals surface area contributed by atoms with Crippen molar-refractivity contribution in [2.45, 2.75) is 110 Å². The second-order valence-electron chi connectivity index (χ2n) is 6.56. The summed E-state index contributed by atoms with van der Waals surface area (Å²) in [4.78, 5) is 11.8. The van der Waals surface area contributed by atoms with Crippen LogP contribution in [0, 0.1) is 0 Å². The van der Waals surface area contributed by atoms with Gasteiger partial charge in [-0.15, -0.1) is 0 Å². The number of hydrogen-bond acceptors (Lipinski definition) is 2. The molecule has 0 aliphatic heterocycles. The number of esters is 1. The average molecular weight is 284 g/mol. The summed E-state index contributed by atoms with van der Waals surface area (Å²) in [5.74, 6) is -0.0138. The van der Waals surface area contributed by atoms with Crippen LogP contribution in [0.4, 0.5) is 0 Å². The number of ether oxygens (including phenoxy) is 1. The van der Waals surface area contributed by atoms with Gasteiger partial charge in [0.05, 0.1) is 0 Å². The van der Waals surface area contributed by atoms with Crippen LogP contribution in [0.2, 0.25) is 0 Å². The van der Waals surface area contributed by atoms with E-state index in [-0.39, 0.29) is 11.6 Å². The summed E-state index contributed by atoms with van der Waals surface area (Å²) in [6.07, 6.45) is 13.8. The van der Waals surface area contributed by atoms with Crippen molar-refractivity contribution in [3.63, 3.8) is 0 Å². The van der Waals surface area contributed by atoms with Crippen LogP contribution in [-0.4, -0.2) is 11.6 Å². The molecule has 0 bridgehead atoms. The van der Waals surface area contributed by atoms with Crippen molar-refractivity contribution < 1.29 is 9.53 Å². The van der Waals surface area contributed by atoms with Gasteiger partial charge >= 0.3 is 5.97 Å². The maximum absolute atomic E-state index is 11.8. The molecule has 0 spiro atoms. The highest BCUT2D eigenvalue weighted by molar-refractivity contribution is 5.69. The van der Waals surface area contributed by atoms with E-state index in [1.165, 1.54) is 44.9 Å². The summed E-state index contributed by atoms with van der Waals surface area (Å²) in [7, 11) is 0. The van der Waals surface area contributed by atoms with E-state index in [2.05, 4.69) is 13.8 Å². The van der Waals surface area contributed by atoms with E-state index in [4.69, 9.17) is 4.74 Å². The highest BCUT2D eigenvalue weighted by Crippen LogP contribution is 2.20. The molecule has 0 saturated heterocycles. The van der Waals surface area contributed by atoms with Crippen LogP contribution < -0.4 is 0 Å². The zero-order valence-electron chi connectivity index (χ0n) is 14.3. The minimum absolute atomic E-state index is 0.0138. The molecule has 120 valence electrons. The van der Waals surface area contributed by atoms with Gasteiger partial charge in [0.1, 0.15) is 5.60 Å². The van der Waals surface area contributed by atoms with Gasteiger partial charge in [-0.3, -0.25) is 4.79 Å². The highest BCUT2D eigenvalue weighted by Gasteiger charge is 2.21. The summed E-state index contributed by atoms with van der Waals surface area (Å²) in [5, 5.41) is 0. The SMILES string of the molecule is CCCCCCCCCC(=O)OC(C)(C)CCCCC. The monoisotopic (exact) mass is 284 g/mol.